The van der Waals surface area contributed by atoms with Gasteiger partial charge in [0.05, 0.1) is 12.4 Å². The Hall–Kier alpha value is -2.30. The minimum absolute atomic E-state index is 0.0349. The van der Waals surface area contributed by atoms with E-state index in [1.807, 2.05) is 6.92 Å². The molecule has 8 nitrogen and oxygen atoms in total. The Labute approximate surface area is 175 Å². The van der Waals surface area contributed by atoms with Crippen molar-refractivity contribution in [3.05, 3.63) is 48.2 Å². The van der Waals surface area contributed by atoms with E-state index in [1.54, 1.807) is 23.7 Å². The molecular weight excluding hydrogens is 411 g/mol. The molecule has 30 heavy (non-hydrogen) atoms. The molecule has 0 radical (unpaired) electrons. The molecule has 0 aliphatic carbocycles. The van der Waals surface area contributed by atoms with E-state index >= 15 is 0 Å². The fourth-order valence-corrected chi connectivity index (χ4v) is 5.08. The van der Waals surface area contributed by atoms with Crippen molar-refractivity contribution >= 4 is 15.9 Å². The molecule has 2 aromatic rings. The number of aliphatic hydroxyl groups is 1. The first-order valence-electron chi connectivity index (χ1n) is 9.94. The highest BCUT2D eigenvalue weighted by atomic mass is 32.2. The van der Waals surface area contributed by atoms with Gasteiger partial charge in [0.25, 0.3) is 10.0 Å². The number of carbonyl (C=O) groups is 1. The maximum Gasteiger partial charge on any atom is 0.262 e. The largest absolute Gasteiger partial charge is 0.383 e. The van der Waals surface area contributed by atoms with Crippen LogP contribution in [0.5, 0.6) is 0 Å². The molecule has 164 valence electrons. The fraction of sp³-hybridized carbons (Fsp3) is 0.500. The van der Waals surface area contributed by atoms with Gasteiger partial charge in [0.2, 0.25) is 5.91 Å². The van der Waals surface area contributed by atoms with E-state index in [0.29, 0.717) is 18.4 Å². The van der Waals surface area contributed by atoms with Gasteiger partial charge < -0.3 is 15.0 Å². The number of amides is 1. The number of rotatable bonds is 8. The molecule has 1 fully saturated rings. The molecule has 2 N–H and O–H groups in total. The molecule has 1 saturated heterocycles. The van der Waals surface area contributed by atoms with Crippen molar-refractivity contribution in [1.82, 2.24) is 19.2 Å². The van der Waals surface area contributed by atoms with Gasteiger partial charge in [0.1, 0.15) is 11.9 Å². The average molecular weight is 439 g/mol. The predicted molar refractivity (Wildman–Crippen MR) is 109 cm³/mol. The van der Waals surface area contributed by atoms with Gasteiger partial charge in [-0.25, -0.2) is 17.8 Å². The van der Waals surface area contributed by atoms with Crippen LogP contribution in [0.4, 0.5) is 4.39 Å². The highest BCUT2D eigenvalue weighted by Gasteiger charge is 2.42. The number of nitrogens with zero attached hydrogens (tertiary/aromatic N) is 3. The molecule has 10 heteroatoms. The van der Waals surface area contributed by atoms with Crippen LogP contribution in [0.2, 0.25) is 0 Å². The van der Waals surface area contributed by atoms with Gasteiger partial charge in [-0.1, -0.05) is 31.9 Å². The van der Waals surface area contributed by atoms with Crippen LogP contribution < -0.4 is 5.32 Å². The number of benzene rings is 1. The standard InChI is InChI=1S/C20H27FN4O4S/c1-3-4-5-18(26)20(27)23-17-11-25(30(28,29)19-12-24(2)13-22-19)10-16(17)14-6-8-15(21)9-7-14/h6-9,12-13,16-18,26H,3-5,10-11H2,1-2H3,(H,23,27)/t16-,17+,18?/m1/s1. The van der Waals surface area contributed by atoms with E-state index in [0.717, 1.165) is 6.42 Å². The second-order valence-electron chi connectivity index (χ2n) is 7.63. The summed E-state index contributed by atoms with van der Waals surface area (Å²) in [7, 11) is -2.18. The normalized spacial score (nSPS) is 20.9. The molecule has 0 spiro atoms. The van der Waals surface area contributed by atoms with E-state index in [1.165, 1.54) is 29.0 Å². The Morgan fingerprint density at radius 3 is 2.63 bits per heavy atom. The first kappa shape index (κ1) is 22.4. The monoisotopic (exact) mass is 438 g/mol. The summed E-state index contributed by atoms with van der Waals surface area (Å²) in [5.41, 5.74) is 0.712. The fourth-order valence-electron chi connectivity index (χ4n) is 3.62. The van der Waals surface area contributed by atoms with Crippen LogP contribution in [0.25, 0.3) is 0 Å². The third-order valence-corrected chi connectivity index (χ3v) is 7.05. The zero-order valence-corrected chi connectivity index (χ0v) is 17.8. The van der Waals surface area contributed by atoms with E-state index in [-0.39, 0.29) is 24.0 Å². The van der Waals surface area contributed by atoms with Crippen LogP contribution in [0.1, 0.15) is 37.7 Å². The molecule has 1 aliphatic heterocycles. The van der Waals surface area contributed by atoms with Crippen LogP contribution in [-0.2, 0) is 21.9 Å². The van der Waals surface area contributed by atoms with E-state index in [2.05, 4.69) is 10.3 Å². The molecule has 0 bridgehead atoms. The van der Waals surface area contributed by atoms with Crippen molar-refractivity contribution < 1.29 is 22.7 Å². The summed E-state index contributed by atoms with van der Waals surface area (Å²) in [4.78, 5) is 16.4. The Morgan fingerprint density at radius 2 is 2.03 bits per heavy atom. The number of unbranched alkanes of at least 4 members (excludes halogenated alkanes) is 1. The van der Waals surface area contributed by atoms with Gasteiger partial charge in [-0.15, -0.1) is 0 Å². The van der Waals surface area contributed by atoms with E-state index in [9.17, 15) is 22.7 Å². The number of aliphatic hydroxyl groups excluding tert-OH is 1. The minimum atomic E-state index is -3.86. The number of nitrogens with one attached hydrogen (secondary N) is 1. The van der Waals surface area contributed by atoms with Crippen molar-refractivity contribution in [2.24, 2.45) is 7.05 Å². The third-order valence-electron chi connectivity index (χ3n) is 5.33. The maximum absolute atomic E-state index is 13.4. The Bertz CT molecular complexity index is 977. The number of imidazole rings is 1. The maximum atomic E-state index is 13.4. The van der Waals surface area contributed by atoms with Crippen LogP contribution in [0.15, 0.2) is 41.8 Å². The van der Waals surface area contributed by atoms with E-state index < -0.39 is 33.9 Å². The second-order valence-corrected chi connectivity index (χ2v) is 9.52. The Kier molecular flexibility index (Phi) is 6.89. The van der Waals surface area contributed by atoms with Crippen molar-refractivity contribution in [1.29, 1.82) is 0 Å². The Morgan fingerprint density at radius 1 is 1.33 bits per heavy atom. The number of hydrogen-bond donors (Lipinski definition) is 2. The highest BCUT2D eigenvalue weighted by Crippen LogP contribution is 2.31. The summed E-state index contributed by atoms with van der Waals surface area (Å²) in [6.45, 7) is 2.11. The molecule has 1 unspecified atom stereocenters. The first-order chi connectivity index (χ1) is 14.2. The topological polar surface area (TPSA) is 105 Å². The van der Waals surface area contributed by atoms with Gasteiger partial charge >= 0.3 is 0 Å². The Balaban J connectivity index is 1.84. The number of aromatic nitrogens is 2. The zero-order valence-electron chi connectivity index (χ0n) is 17.0. The molecule has 1 aliphatic rings. The zero-order chi connectivity index (χ0) is 21.9. The van der Waals surface area contributed by atoms with Crippen molar-refractivity contribution in [2.75, 3.05) is 13.1 Å². The molecular formula is C20H27FN4O4S. The number of sulfonamides is 1. The first-order valence-corrected chi connectivity index (χ1v) is 11.4. The van der Waals surface area contributed by atoms with Crippen molar-refractivity contribution in [3.8, 4) is 0 Å². The molecule has 0 saturated carbocycles. The molecule has 1 aromatic heterocycles. The van der Waals surface area contributed by atoms with Crippen LogP contribution >= 0.6 is 0 Å². The van der Waals surface area contributed by atoms with Crippen molar-refractivity contribution in [3.63, 3.8) is 0 Å². The van der Waals surface area contributed by atoms with Crippen molar-refractivity contribution in [2.45, 2.75) is 49.3 Å². The van der Waals surface area contributed by atoms with Gasteiger partial charge in [0, 0.05) is 32.3 Å². The number of aryl methyl sites for hydroxylation is 1. The van der Waals surface area contributed by atoms with Crippen LogP contribution in [0.3, 0.4) is 0 Å². The third kappa shape index (κ3) is 4.88. The smallest absolute Gasteiger partial charge is 0.262 e. The molecule has 2 heterocycles. The summed E-state index contributed by atoms with van der Waals surface area (Å²) in [6.07, 6.45) is 3.57. The lowest BCUT2D eigenvalue weighted by Crippen LogP contribution is -2.45. The summed E-state index contributed by atoms with van der Waals surface area (Å²) in [5, 5.41) is 12.8. The summed E-state index contributed by atoms with van der Waals surface area (Å²) in [5.74, 6) is -1.31. The van der Waals surface area contributed by atoms with Gasteiger partial charge in [-0.2, -0.15) is 4.31 Å². The highest BCUT2D eigenvalue weighted by molar-refractivity contribution is 7.89. The van der Waals surface area contributed by atoms with Gasteiger partial charge in [0.15, 0.2) is 5.03 Å². The van der Waals surface area contributed by atoms with E-state index in [4.69, 9.17) is 0 Å². The lowest BCUT2D eigenvalue weighted by atomic mass is 9.94. The minimum Gasteiger partial charge on any atom is -0.383 e. The quantitative estimate of drug-likeness (QED) is 0.648. The summed E-state index contributed by atoms with van der Waals surface area (Å²) in [6, 6.07) is 5.23. The molecule has 1 aromatic carbocycles. The molecule has 1 amide bonds. The summed E-state index contributed by atoms with van der Waals surface area (Å²) < 4.78 is 42.2. The van der Waals surface area contributed by atoms with Crippen LogP contribution in [0, 0.1) is 5.82 Å². The number of carbonyl (C=O) groups excluding carboxylic acids is 1. The van der Waals surface area contributed by atoms with Crippen LogP contribution in [-0.4, -0.2) is 58.5 Å². The summed E-state index contributed by atoms with van der Waals surface area (Å²) >= 11 is 0. The molecule has 3 atom stereocenters. The average Bonchev–Trinajstić information content (AvgIpc) is 3.34. The van der Waals surface area contributed by atoms with Gasteiger partial charge in [-0.05, 0) is 24.1 Å². The SMILES string of the molecule is CCCCC(O)C(=O)N[C@H]1CN(S(=O)(=O)c2cn(C)cn2)C[C@@H]1c1ccc(F)cc1. The van der Waals surface area contributed by atoms with Gasteiger partial charge in [-0.3, -0.25) is 4.79 Å². The molecule has 3 rings (SSSR count). The number of hydrogen-bond acceptors (Lipinski definition) is 5. The lowest BCUT2D eigenvalue weighted by molar-refractivity contribution is -0.130. The lowest BCUT2D eigenvalue weighted by Gasteiger charge is -2.22. The second kappa shape index (κ2) is 9.23. The number of halogens is 1. The predicted octanol–water partition coefficient (Wildman–Crippen LogP) is 1.38.